The van der Waals surface area contributed by atoms with Crippen LogP contribution in [-0.2, 0) is 6.42 Å². The van der Waals surface area contributed by atoms with Gasteiger partial charge in [0.1, 0.15) is 6.10 Å². The highest BCUT2D eigenvalue weighted by Gasteiger charge is 2.22. The number of benzene rings is 1. The Morgan fingerprint density at radius 1 is 1.25 bits per heavy atom. The lowest BCUT2D eigenvalue weighted by molar-refractivity contribution is 0.167. The lowest BCUT2D eigenvalue weighted by atomic mass is 9.89. The van der Waals surface area contributed by atoms with Crippen LogP contribution in [0.4, 0.5) is 5.95 Å². The van der Waals surface area contributed by atoms with Crippen LogP contribution >= 0.6 is 11.6 Å². The third-order valence-corrected chi connectivity index (χ3v) is 3.54. The summed E-state index contributed by atoms with van der Waals surface area (Å²) in [5.41, 5.74) is 2.54. The number of hydrogen-bond donors (Lipinski definition) is 1. The molecule has 1 atom stereocenters. The summed E-state index contributed by atoms with van der Waals surface area (Å²) >= 11 is 5.86. The van der Waals surface area contributed by atoms with Crippen molar-refractivity contribution in [3.05, 3.63) is 40.7 Å². The minimum absolute atomic E-state index is 0.0249. The number of aryl methyl sites for hydroxylation is 1. The quantitative estimate of drug-likeness (QED) is 0.941. The monoisotopic (exact) mass is 290 g/mol. The van der Waals surface area contributed by atoms with Crippen LogP contribution in [0.25, 0.3) is 0 Å². The van der Waals surface area contributed by atoms with Crippen LogP contribution in [0.3, 0.4) is 0 Å². The maximum Gasteiger partial charge on any atom is 0.323 e. The minimum Gasteiger partial charge on any atom is -0.455 e. The Bertz CT molecular complexity index is 620. The van der Waals surface area contributed by atoms with E-state index in [1.54, 1.807) is 7.05 Å². The van der Waals surface area contributed by atoms with E-state index in [-0.39, 0.29) is 17.4 Å². The van der Waals surface area contributed by atoms with E-state index in [1.807, 2.05) is 6.07 Å². The zero-order valence-electron chi connectivity index (χ0n) is 11.1. The first-order chi connectivity index (χ1) is 9.76. The van der Waals surface area contributed by atoms with Gasteiger partial charge in [0.15, 0.2) is 0 Å². The highest BCUT2D eigenvalue weighted by atomic mass is 35.5. The fourth-order valence-corrected chi connectivity index (χ4v) is 2.61. The Morgan fingerprint density at radius 3 is 2.95 bits per heavy atom. The lowest BCUT2D eigenvalue weighted by Crippen LogP contribution is -2.16. The molecule has 1 N–H and O–H groups in total. The van der Waals surface area contributed by atoms with Gasteiger partial charge in [-0.25, -0.2) is 0 Å². The van der Waals surface area contributed by atoms with Gasteiger partial charge in [-0.05, 0) is 42.0 Å². The van der Waals surface area contributed by atoms with Crippen molar-refractivity contribution in [3.63, 3.8) is 0 Å². The molecule has 5 nitrogen and oxygen atoms in total. The summed E-state index contributed by atoms with van der Waals surface area (Å²) in [6.07, 6.45) is 3.12. The average molecular weight is 291 g/mol. The number of ether oxygens (including phenoxy) is 1. The van der Waals surface area contributed by atoms with Crippen molar-refractivity contribution in [1.29, 1.82) is 0 Å². The predicted molar refractivity (Wildman–Crippen MR) is 77.1 cm³/mol. The first-order valence-electron chi connectivity index (χ1n) is 6.60. The number of nitrogens with zero attached hydrogens (tertiary/aromatic N) is 3. The van der Waals surface area contributed by atoms with Crippen molar-refractivity contribution in [2.45, 2.75) is 25.4 Å². The standard InChI is InChI=1S/C14H15ClN4O/c1-16-13-17-12(15)18-14(19-13)20-11-8-4-6-9-5-2-3-7-10(9)11/h2-3,5,7,11H,4,6,8H2,1H3,(H,16,17,18,19). The topological polar surface area (TPSA) is 59.9 Å². The number of aromatic nitrogens is 3. The Labute approximate surface area is 122 Å². The molecule has 0 bridgehead atoms. The van der Waals surface area contributed by atoms with Gasteiger partial charge in [-0.1, -0.05) is 24.3 Å². The van der Waals surface area contributed by atoms with Gasteiger partial charge in [-0.15, -0.1) is 0 Å². The van der Waals surface area contributed by atoms with Crippen molar-refractivity contribution < 1.29 is 4.74 Å². The van der Waals surface area contributed by atoms with E-state index in [1.165, 1.54) is 11.1 Å². The Hall–Kier alpha value is -1.88. The van der Waals surface area contributed by atoms with Crippen LogP contribution in [0.5, 0.6) is 6.01 Å². The van der Waals surface area contributed by atoms with Crippen molar-refractivity contribution in [2.24, 2.45) is 0 Å². The van der Waals surface area contributed by atoms with Crippen LogP contribution in [0.1, 0.15) is 30.1 Å². The summed E-state index contributed by atoms with van der Waals surface area (Å²) in [5.74, 6) is 0.407. The van der Waals surface area contributed by atoms with Crippen molar-refractivity contribution in [2.75, 3.05) is 12.4 Å². The second kappa shape index (κ2) is 5.63. The van der Waals surface area contributed by atoms with E-state index in [0.29, 0.717) is 5.95 Å². The van der Waals surface area contributed by atoms with Crippen molar-refractivity contribution in [1.82, 2.24) is 15.0 Å². The van der Waals surface area contributed by atoms with E-state index in [9.17, 15) is 0 Å². The van der Waals surface area contributed by atoms with Gasteiger partial charge in [-0.3, -0.25) is 0 Å². The zero-order valence-corrected chi connectivity index (χ0v) is 11.9. The molecule has 2 aromatic rings. The van der Waals surface area contributed by atoms with Crippen LogP contribution < -0.4 is 10.1 Å². The minimum atomic E-state index is -0.0249. The number of anilines is 1. The average Bonchev–Trinajstić information content (AvgIpc) is 2.47. The fraction of sp³-hybridized carbons (Fsp3) is 0.357. The van der Waals surface area contributed by atoms with E-state index >= 15 is 0 Å². The highest BCUT2D eigenvalue weighted by Crippen LogP contribution is 2.32. The molecule has 0 saturated heterocycles. The van der Waals surface area contributed by atoms with Crippen LogP contribution in [0, 0.1) is 0 Å². The largest absolute Gasteiger partial charge is 0.455 e. The van der Waals surface area contributed by atoms with Crippen LogP contribution in [0.2, 0.25) is 5.28 Å². The summed E-state index contributed by atoms with van der Waals surface area (Å²) in [6, 6.07) is 8.58. The SMILES string of the molecule is CNc1nc(Cl)nc(OC2CCCc3ccccc32)n1. The molecule has 1 aromatic heterocycles. The lowest BCUT2D eigenvalue weighted by Gasteiger charge is -2.25. The molecule has 1 aliphatic rings. The number of rotatable bonds is 3. The van der Waals surface area contributed by atoms with Gasteiger partial charge in [0, 0.05) is 7.05 Å². The molecule has 0 spiro atoms. The van der Waals surface area contributed by atoms with Gasteiger partial charge in [-0.2, -0.15) is 15.0 Å². The van der Waals surface area contributed by atoms with E-state index < -0.39 is 0 Å². The predicted octanol–water partition coefficient (Wildman–Crippen LogP) is 3.02. The second-order valence-corrected chi connectivity index (χ2v) is 5.00. The molecule has 0 aliphatic heterocycles. The first kappa shape index (κ1) is 13.1. The molecule has 1 heterocycles. The molecule has 0 fully saturated rings. The molecule has 0 amide bonds. The zero-order chi connectivity index (χ0) is 13.9. The molecule has 3 rings (SSSR count). The molecule has 1 aromatic carbocycles. The molecular formula is C14H15ClN4O. The number of halogens is 1. The maximum atomic E-state index is 5.92. The van der Waals surface area contributed by atoms with Gasteiger partial charge in [0.25, 0.3) is 0 Å². The Kier molecular flexibility index (Phi) is 3.69. The number of nitrogens with one attached hydrogen (secondary N) is 1. The van der Waals surface area contributed by atoms with E-state index in [2.05, 4.69) is 38.5 Å². The first-order valence-corrected chi connectivity index (χ1v) is 6.98. The molecule has 20 heavy (non-hydrogen) atoms. The normalized spacial score (nSPS) is 17.4. The molecule has 104 valence electrons. The van der Waals surface area contributed by atoms with Crippen molar-refractivity contribution >= 4 is 17.5 Å². The highest BCUT2D eigenvalue weighted by molar-refractivity contribution is 6.28. The summed E-state index contributed by atoms with van der Waals surface area (Å²) in [5, 5.41) is 2.97. The third kappa shape index (κ3) is 2.67. The fourth-order valence-electron chi connectivity index (χ4n) is 2.46. The number of hydrogen-bond acceptors (Lipinski definition) is 5. The Balaban J connectivity index is 1.87. The maximum absolute atomic E-state index is 5.92. The Morgan fingerprint density at radius 2 is 2.10 bits per heavy atom. The summed E-state index contributed by atoms with van der Waals surface area (Å²) < 4.78 is 5.92. The van der Waals surface area contributed by atoms with Crippen molar-refractivity contribution in [3.8, 4) is 6.01 Å². The summed E-state index contributed by atoms with van der Waals surface area (Å²) in [6.45, 7) is 0. The van der Waals surface area contributed by atoms with Gasteiger partial charge < -0.3 is 10.1 Å². The second-order valence-electron chi connectivity index (χ2n) is 4.66. The molecule has 0 saturated carbocycles. The third-order valence-electron chi connectivity index (χ3n) is 3.37. The molecular weight excluding hydrogens is 276 g/mol. The molecule has 6 heteroatoms. The summed E-state index contributed by atoms with van der Waals surface area (Å²) in [4.78, 5) is 12.2. The van der Waals surface area contributed by atoms with Crippen LogP contribution in [-0.4, -0.2) is 22.0 Å². The molecule has 0 radical (unpaired) electrons. The smallest absolute Gasteiger partial charge is 0.323 e. The van der Waals surface area contributed by atoms with Crippen LogP contribution in [0.15, 0.2) is 24.3 Å². The number of fused-ring (bicyclic) bond motifs is 1. The van der Waals surface area contributed by atoms with Gasteiger partial charge >= 0.3 is 6.01 Å². The van der Waals surface area contributed by atoms with Gasteiger partial charge in [0.05, 0.1) is 0 Å². The van der Waals surface area contributed by atoms with E-state index in [0.717, 1.165) is 19.3 Å². The summed E-state index contributed by atoms with van der Waals surface area (Å²) in [7, 11) is 1.73. The van der Waals surface area contributed by atoms with Gasteiger partial charge in [0.2, 0.25) is 11.2 Å². The molecule has 1 unspecified atom stereocenters. The molecule has 1 aliphatic carbocycles. The van der Waals surface area contributed by atoms with E-state index in [4.69, 9.17) is 16.3 Å².